The number of carboxylic acid groups (broad SMARTS) is 1. The van der Waals surface area contributed by atoms with Gasteiger partial charge in [-0.25, -0.2) is 0 Å². The van der Waals surface area contributed by atoms with E-state index in [1.807, 2.05) is 0 Å². The van der Waals surface area contributed by atoms with Crippen LogP contribution in [0.4, 0.5) is 0 Å². The summed E-state index contributed by atoms with van der Waals surface area (Å²) in [4.78, 5) is 48.1. The number of unbranched alkanes of at least 4 members (excludes halogenated alkanes) is 23. The molecule has 338 valence electrons. The monoisotopic (exact) mass is 841 g/mol. The number of hydrogen-bond donors (Lipinski definition) is 1. The van der Waals surface area contributed by atoms with E-state index < -0.39 is 51.1 Å². The topological polar surface area (TPSA) is 179 Å². The molecule has 3 atom stereocenters. The molecule has 0 rings (SSSR count). The van der Waals surface area contributed by atoms with Crippen molar-refractivity contribution in [1.82, 2.24) is 0 Å². The summed E-state index contributed by atoms with van der Waals surface area (Å²) in [7, 11) is -4.96. The van der Waals surface area contributed by atoms with Gasteiger partial charge in [-0.05, 0) is 44.9 Å². The molecule has 0 saturated carbocycles. The van der Waals surface area contributed by atoms with Crippen molar-refractivity contribution in [3.05, 3.63) is 36.5 Å². The first-order valence-electron chi connectivity index (χ1n) is 23.0. The second-order valence-corrected chi connectivity index (χ2v) is 17.0. The molecule has 0 fully saturated rings. The standard InChI is InChI=1S/C46H84NO10P/c1-3-5-7-9-11-13-15-17-19-20-21-22-24-25-27-29-31-33-35-37-44(48)54-39-42(40-55-58(52,53)56-41-43(47)46(50)51)57-45(49)38-36-34-32-30-28-26-23-18-16-14-12-10-8-6-4-2/h6,8,12,14,18,23,42-43H,3-5,7,9-11,13,15-17,19-22,24-41,47H2,1-2H3,(H,50,51)(H,52,53)/p-1/b8-6-,14-12-,23-18-/t42-,43+/m1/s1. The van der Waals surface area contributed by atoms with Gasteiger partial charge in [0.05, 0.1) is 6.61 Å². The predicted octanol–water partition coefficient (Wildman–Crippen LogP) is 9.71. The van der Waals surface area contributed by atoms with Gasteiger partial charge >= 0.3 is 11.9 Å². The van der Waals surface area contributed by atoms with E-state index >= 15 is 0 Å². The summed E-state index contributed by atoms with van der Waals surface area (Å²) in [6.45, 7) is 2.60. The minimum atomic E-state index is -4.96. The molecule has 12 heteroatoms. The lowest BCUT2D eigenvalue weighted by Gasteiger charge is -2.26. The smallest absolute Gasteiger partial charge is 0.306 e. The Bertz CT molecular complexity index is 1130. The van der Waals surface area contributed by atoms with Crippen molar-refractivity contribution in [1.29, 1.82) is 0 Å². The lowest BCUT2D eigenvalue weighted by atomic mass is 10.0. The highest BCUT2D eigenvalue weighted by Crippen LogP contribution is 2.38. The third kappa shape index (κ3) is 40.5. The fraction of sp³-hybridized carbons (Fsp3) is 0.804. The first kappa shape index (κ1) is 55.7. The molecule has 0 aliphatic heterocycles. The number of phosphoric ester groups is 1. The van der Waals surface area contributed by atoms with Crippen LogP contribution in [0.2, 0.25) is 0 Å². The molecule has 0 radical (unpaired) electrons. The van der Waals surface area contributed by atoms with Crippen molar-refractivity contribution in [2.75, 3.05) is 19.8 Å². The van der Waals surface area contributed by atoms with Crippen molar-refractivity contribution in [2.24, 2.45) is 0 Å². The van der Waals surface area contributed by atoms with E-state index in [1.54, 1.807) is 0 Å². The Hall–Kier alpha value is -2.30. The zero-order valence-electron chi connectivity index (χ0n) is 36.7. The number of carbonyl (C=O) groups is 3. The molecule has 11 nitrogen and oxygen atoms in total. The summed E-state index contributed by atoms with van der Waals surface area (Å²) in [5.74, 6) is -2.59. The number of carboxylic acids is 1. The lowest BCUT2D eigenvalue weighted by molar-refractivity contribution is -0.441. The number of ether oxygens (including phenoxy) is 2. The summed E-state index contributed by atoms with van der Waals surface area (Å²) < 4.78 is 32.4. The summed E-state index contributed by atoms with van der Waals surface area (Å²) in [5, 5.41) is 10.8. The Balaban J connectivity index is 4.30. The highest BCUT2D eigenvalue weighted by molar-refractivity contribution is 7.45. The molecule has 0 heterocycles. The van der Waals surface area contributed by atoms with E-state index in [0.717, 1.165) is 70.6 Å². The largest absolute Gasteiger partial charge is 0.756 e. The van der Waals surface area contributed by atoms with Gasteiger partial charge in [-0.1, -0.05) is 185 Å². The van der Waals surface area contributed by atoms with Crippen LogP contribution in [0.5, 0.6) is 0 Å². The lowest BCUT2D eigenvalue weighted by Crippen LogP contribution is -2.70. The first-order chi connectivity index (χ1) is 28.1. The molecule has 0 aromatic rings. The van der Waals surface area contributed by atoms with E-state index in [1.165, 1.54) is 96.3 Å². The molecule has 1 unspecified atom stereocenters. The van der Waals surface area contributed by atoms with Crippen LogP contribution >= 0.6 is 7.82 Å². The van der Waals surface area contributed by atoms with Gasteiger partial charge in [0.2, 0.25) is 0 Å². The first-order valence-corrected chi connectivity index (χ1v) is 24.5. The second-order valence-electron chi connectivity index (χ2n) is 15.6. The zero-order valence-corrected chi connectivity index (χ0v) is 37.6. The normalized spacial score (nSPS) is 14.0. The molecule has 0 aliphatic rings. The predicted molar refractivity (Wildman–Crippen MR) is 229 cm³/mol. The number of phosphoric acid groups is 1. The van der Waals surface area contributed by atoms with Gasteiger partial charge in [0.1, 0.15) is 25.2 Å². The van der Waals surface area contributed by atoms with Crippen molar-refractivity contribution in [3.63, 3.8) is 0 Å². The van der Waals surface area contributed by atoms with E-state index in [2.05, 4.69) is 60.6 Å². The average molecular weight is 841 g/mol. The summed E-state index contributed by atoms with van der Waals surface area (Å²) in [5.41, 5.74) is 3.24. The number of rotatable bonds is 43. The van der Waals surface area contributed by atoms with Crippen molar-refractivity contribution >= 4 is 25.7 Å². The number of esters is 2. The minimum Gasteiger partial charge on any atom is -0.756 e. The SMILES string of the molecule is CC/C=C\C/C=C\C/C=C\CCCCCCCC(=O)O[C@H](COC(=O)CCCCCCCCCCCCCCCCCCCCC)COP(=O)([O-])OC[C@H]([NH3+])C(=O)[O-]. The Labute approximate surface area is 353 Å². The quantitative estimate of drug-likeness (QED) is 0.0269. The summed E-state index contributed by atoms with van der Waals surface area (Å²) in [6, 6.07) is -1.42. The third-order valence-corrected chi connectivity index (χ3v) is 10.9. The molecule has 0 aliphatic carbocycles. The Morgan fingerprint density at radius 3 is 1.45 bits per heavy atom. The van der Waals surface area contributed by atoms with Gasteiger partial charge < -0.3 is 39.0 Å². The molecule has 0 bridgehead atoms. The van der Waals surface area contributed by atoms with Gasteiger partial charge in [0.25, 0.3) is 7.82 Å². The van der Waals surface area contributed by atoms with E-state index in [4.69, 9.17) is 14.0 Å². The van der Waals surface area contributed by atoms with Crippen LogP contribution in [0.3, 0.4) is 0 Å². The van der Waals surface area contributed by atoms with Gasteiger partial charge in [0.15, 0.2) is 6.10 Å². The molecule has 58 heavy (non-hydrogen) atoms. The molecule has 0 aromatic heterocycles. The molecule has 0 saturated heterocycles. The maximum Gasteiger partial charge on any atom is 0.306 e. The number of aliphatic carboxylic acids is 1. The molecule has 0 aromatic carbocycles. The number of quaternary nitrogens is 1. The molecule has 0 spiro atoms. The van der Waals surface area contributed by atoms with Crippen LogP contribution in [0.1, 0.15) is 206 Å². The minimum absolute atomic E-state index is 0.129. The summed E-state index contributed by atoms with van der Waals surface area (Å²) >= 11 is 0. The molecule has 0 amide bonds. The fourth-order valence-electron chi connectivity index (χ4n) is 6.32. The molecular weight excluding hydrogens is 757 g/mol. The number of carbonyl (C=O) groups excluding carboxylic acids is 3. The highest BCUT2D eigenvalue weighted by Gasteiger charge is 2.22. The van der Waals surface area contributed by atoms with Gasteiger partial charge in [-0.2, -0.15) is 0 Å². The van der Waals surface area contributed by atoms with Gasteiger partial charge in [-0.3, -0.25) is 14.2 Å². The Morgan fingerprint density at radius 2 is 0.966 bits per heavy atom. The van der Waals surface area contributed by atoms with Crippen LogP contribution in [-0.4, -0.2) is 49.9 Å². The highest BCUT2D eigenvalue weighted by atomic mass is 31.2. The fourth-order valence-corrected chi connectivity index (χ4v) is 7.10. The number of hydrogen-bond acceptors (Lipinski definition) is 10. The van der Waals surface area contributed by atoms with Crippen LogP contribution in [0.15, 0.2) is 36.5 Å². The van der Waals surface area contributed by atoms with E-state index in [-0.39, 0.29) is 19.4 Å². The molecular formula is C46H83NO10P-. The second kappa shape index (κ2) is 41.4. The third-order valence-electron chi connectivity index (χ3n) is 9.93. The van der Waals surface area contributed by atoms with Crippen LogP contribution in [0, 0.1) is 0 Å². The maximum absolute atomic E-state index is 12.6. The van der Waals surface area contributed by atoms with Gasteiger partial charge in [0, 0.05) is 12.8 Å². The van der Waals surface area contributed by atoms with Crippen molar-refractivity contribution < 1.29 is 53.2 Å². The number of allylic oxidation sites excluding steroid dienone is 6. The van der Waals surface area contributed by atoms with Crippen LogP contribution in [-0.2, 0) is 37.5 Å². The van der Waals surface area contributed by atoms with E-state index in [9.17, 15) is 28.9 Å². The zero-order chi connectivity index (χ0) is 42.8. The van der Waals surface area contributed by atoms with Crippen molar-refractivity contribution in [3.8, 4) is 0 Å². The van der Waals surface area contributed by atoms with Crippen LogP contribution < -0.4 is 15.7 Å². The average Bonchev–Trinajstić information content (AvgIpc) is 3.20. The Morgan fingerprint density at radius 1 is 0.552 bits per heavy atom. The summed E-state index contributed by atoms with van der Waals surface area (Å²) in [6.07, 6.45) is 44.7. The molecule has 3 N–H and O–H groups in total. The van der Waals surface area contributed by atoms with Crippen molar-refractivity contribution in [2.45, 2.75) is 219 Å². The van der Waals surface area contributed by atoms with Gasteiger partial charge in [-0.15, -0.1) is 0 Å². The van der Waals surface area contributed by atoms with Crippen LogP contribution in [0.25, 0.3) is 0 Å². The van der Waals surface area contributed by atoms with E-state index in [0.29, 0.717) is 12.8 Å². The Kier molecular flexibility index (Phi) is 39.8. The maximum atomic E-state index is 12.6.